The maximum absolute atomic E-state index is 12.3. The molecule has 0 aliphatic carbocycles. The zero-order valence-corrected chi connectivity index (χ0v) is 12.7. The van der Waals surface area contributed by atoms with E-state index in [1.807, 2.05) is 31.9 Å². The van der Waals surface area contributed by atoms with Crippen LogP contribution < -0.4 is 5.32 Å². The number of hydrogen-bond acceptors (Lipinski definition) is 3. The van der Waals surface area contributed by atoms with E-state index in [1.165, 1.54) is 0 Å². The largest absolute Gasteiger partial charge is 0.456 e. The van der Waals surface area contributed by atoms with Gasteiger partial charge in [-0.15, -0.1) is 12.4 Å². The molecule has 1 aromatic heterocycles. The quantitative estimate of drug-likeness (QED) is 0.928. The van der Waals surface area contributed by atoms with E-state index in [2.05, 4.69) is 5.32 Å². The Hall–Kier alpha value is -1.00. The van der Waals surface area contributed by atoms with Crippen LogP contribution in [0, 0.1) is 19.8 Å². The fourth-order valence-corrected chi connectivity index (χ4v) is 2.63. The summed E-state index contributed by atoms with van der Waals surface area (Å²) in [4.78, 5) is 14.2. The van der Waals surface area contributed by atoms with Crippen LogP contribution in [0.2, 0.25) is 0 Å². The van der Waals surface area contributed by atoms with Crippen LogP contribution in [0.3, 0.4) is 0 Å². The Morgan fingerprint density at radius 3 is 2.53 bits per heavy atom. The second-order valence-corrected chi connectivity index (χ2v) is 5.16. The third-order valence-corrected chi connectivity index (χ3v) is 3.63. The monoisotopic (exact) mass is 286 g/mol. The summed E-state index contributed by atoms with van der Waals surface area (Å²) in [6, 6.07) is 1.92. The molecule has 0 atom stereocenters. The number of amides is 1. The average Bonchev–Trinajstić information content (AvgIpc) is 2.69. The van der Waals surface area contributed by atoms with Gasteiger partial charge in [0.1, 0.15) is 5.76 Å². The Morgan fingerprint density at radius 1 is 1.42 bits per heavy atom. The lowest BCUT2D eigenvalue weighted by molar-refractivity contribution is 0.0656. The molecule has 0 aromatic carbocycles. The summed E-state index contributed by atoms with van der Waals surface area (Å²) in [5.41, 5.74) is 0.940. The first kappa shape index (κ1) is 16.1. The molecule has 1 aliphatic heterocycles. The van der Waals surface area contributed by atoms with Crippen molar-refractivity contribution in [1.82, 2.24) is 10.2 Å². The smallest absolute Gasteiger partial charge is 0.289 e. The normalized spacial score (nSPS) is 16.3. The number of likely N-dealkylation sites (tertiary alicyclic amines) is 1. The minimum Gasteiger partial charge on any atom is -0.456 e. The zero-order chi connectivity index (χ0) is 13.1. The Labute approximate surface area is 120 Å². The van der Waals surface area contributed by atoms with Gasteiger partial charge < -0.3 is 14.6 Å². The number of rotatable bonds is 3. The van der Waals surface area contributed by atoms with Gasteiger partial charge in [-0.2, -0.15) is 0 Å². The Morgan fingerprint density at radius 2 is 2.05 bits per heavy atom. The molecule has 5 heteroatoms. The molecule has 19 heavy (non-hydrogen) atoms. The number of halogens is 1. The lowest BCUT2D eigenvalue weighted by Crippen LogP contribution is -2.40. The lowest BCUT2D eigenvalue weighted by atomic mass is 9.96. The van der Waals surface area contributed by atoms with Crippen molar-refractivity contribution in [3.05, 3.63) is 23.2 Å². The van der Waals surface area contributed by atoms with Crippen LogP contribution in [0.25, 0.3) is 0 Å². The van der Waals surface area contributed by atoms with Gasteiger partial charge in [0.05, 0.1) is 0 Å². The highest BCUT2D eigenvalue weighted by Crippen LogP contribution is 2.21. The molecule has 4 nitrogen and oxygen atoms in total. The first-order chi connectivity index (χ1) is 8.61. The van der Waals surface area contributed by atoms with E-state index >= 15 is 0 Å². The van der Waals surface area contributed by atoms with Gasteiger partial charge in [-0.3, -0.25) is 4.79 Å². The molecule has 108 valence electrons. The molecule has 1 aromatic rings. The maximum atomic E-state index is 12.3. The van der Waals surface area contributed by atoms with Gasteiger partial charge in [0.25, 0.3) is 5.91 Å². The fraction of sp³-hybridized carbons (Fsp3) is 0.643. The lowest BCUT2D eigenvalue weighted by Gasteiger charge is -2.31. The van der Waals surface area contributed by atoms with E-state index in [1.54, 1.807) is 0 Å². The van der Waals surface area contributed by atoms with Crippen molar-refractivity contribution < 1.29 is 9.21 Å². The highest BCUT2D eigenvalue weighted by molar-refractivity contribution is 5.93. The highest BCUT2D eigenvalue weighted by Gasteiger charge is 2.26. The van der Waals surface area contributed by atoms with Gasteiger partial charge >= 0.3 is 0 Å². The fourth-order valence-electron chi connectivity index (χ4n) is 2.63. The van der Waals surface area contributed by atoms with Crippen LogP contribution in [0.5, 0.6) is 0 Å². The van der Waals surface area contributed by atoms with Crippen LogP contribution in [0.4, 0.5) is 0 Å². The van der Waals surface area contributed by atoms with E-state index < -0.39 is 0 Å². The van der Waals surface area contributed by atoms with E-state index in [0.717, 1.165) is 43.8 Å². The second kappa shape index (κ2) is 6.96. The summed E-state index contributed by atoms with van der Waals surface area (Å²) in [5.74, 6) is 2.06. The maximum Gasteiger partial charge on any atom is 0.289 e. The first-order valence-electron chi connectivity index (χ1n) is 6.62. The Balaban J connectivity index is 0.00000180. The Bertz CT molecular complexity index is 423. The molecule has 1 N–H and O–H groups in total. The minimum absolute atomic E-state index is 0. The number of carbonyl (C=O) groups excluding carboxylic acids is 1. The van der Waals surface area contributed by atoms with Gasteiger partial charge in [-0.05, 0) is 52.3 Å². The third kappa shape index (κ3) is 3.74. The molecule has 0 unspecified atom stereocenters. The molecule has 0 radical (unpaired) electrons. The van der Waals surface area contributed by atoms with E-state index in [4.69, 9.17) is 4.42 Å². The van der Waals surface area contributed by atoms with Crippen LogP contribution in [0.15, 0.2) is 10.5 Å². The molecule has 0 saturated carbocycles. The van der Waals surface area contributed by atoms with Crippen molar-refractivity contribution >= 4 is 18.3 Å². The molecule has 1 fully saturated rings. The van der Waals surface area contributed by atoms with Crippen molar-refractivity contribution in [2.75, 3.05) is 26.7 Å². The molecule has 0 bridgehead atoms. The first-order valence-corrected chi connectivity index (χ1v) is 6.62. The summed E-state index contributed by atoms with van der Waals surface area (Å²) >= 11 is 0. The second-order valence-electron chi connectivity index (χ2n) is 5.16. The topological polar surface area (TPSA) is 45.5 Å². The van der Waals surface area contributed by atoms with E-state index in [9.17, 15) is 4.79 Å². The van der Waals surface area contributed by atoms with Crippen LogP contribution >= 0.6 is 12.4 Å². The van der Waals surface area contributed by atoms with Gasteiger partial charge in [-0.1, -0.05) is 0 Å². The number of nitrogens with one attached hydrogen (secondary N) is 1. The minimum atomic E-state index is 0. The number of nitrogens with zero attached hydrogens (tertiary/aromatic N) is 1. The standard InChI is InChI=1S/C14H22N2O2.ClH/c1-10-8-11(2)18-13(10)14(17)16-6-4-12(5-7-16)9-15-3;/h8,12,15H,4-7,9H2,1-3H3;1H. The van der Waals surface area contributed by atoms with Crippen LogP contribution in [-0.2, 0) is 0 Å². The molecule has 1 aliphatic rings. The molecule has 1 saturated heterocycles. The summed E-state index contributed by atoms with van der Waals surface area (Å²) in [6.07, 6.45) is 2.15. The molecule has 0 spiro atoms. The molecular formula is C14H23ClN2O2. The average molecular weight is 287 g/mol. The predicted octanol–water partition coefficient (Wildman–Crippen LogP) is 2.39. The number of carbonyl (C=O) groups is 1. The summed E-state index contributed by atoms with van der Waals surface area (Å²) < 4.78 is 5.50. The van der Waals surface area contributed by atoms with E-state index in [0.29, 0.717) is 11.7 Å². The van der Waals surface area contributed by atoms with Crippen molar-refractivity contribution in [2.24, 2.45) is 5.92 Å². The third-order valence-electron chi connectivity index (χ3n) is 3.63. The van der Waals surface area contributed by atoms with E-state index in [-0.39, 0.29) is 18.3 Å². The summed E-state index contributed by atoms with van der Waals surface area (Å²) in [7, 11) is 1.98. The molecule has 2 rings (SSSR count). The Kier molecular flexibility index (Phi) is 5.88. The van der Waals surface area contributed by atoms with Crippen molar-refractivity contribution in [2.45, 2.75) is 26.7 Å². The van der Waals surface area contributed by atoms with Gasteiger partial charge in [0.2, 0.25) is 0 Å². The van der Waals surface area contributed by atoms with Crippen LogP contribution in [-0.4, -0.2) is 37.5 Å². The van der Waals surface area contributed by atoms with Crippen LogP contribution in [0.1, 0.15) is 34.7 Å². The summed E-state index contributed by atoms with van der Waals surface area (Å²) in [6.45, 7) is 6.52. The molecule has 2 heterocycles. The van der Waals surface area contributed by atoms with Gasteiger partial charge in [-0.25, -0.2) is 0 Å². The highest BCUT2D eigenvalue weighted by atomic mass is 35.5. The number of furan rings is 1. The molecular weight excluding hydrogens is 264 g/mol. The predicted molar refractivity (Wildman–Crippen MR) is 78.0 cm³/mol. The number of piperidine rings is 1. The zero-order valence-electron chi connectivity index (χ0n) is 11.9. The van der Waals surface area contributed by atoms with Gasteiger partial charge in [0.15, 0.2) is 5.76 Å². The number of hydrogen-bond donors (Lipinski definition) is 1. The summed E-state index contributed by atoms with van der Waals surface area (Å²) in [5, 5.41) is 3.20. The van der Waals surface area contributed by atoms with Crippen molar-refractivity contribution in [3.8, 4) is 0 Å². The van der Waals surface area contributed by atoms with Gasteiger partial charge in [0, 0.05) is 18.7 Å². The van der Waals surface area contributed by atoms with Crippen molar-refractivity contribution in [3.63, 3.8) is 0 Å². The number of aryl methyl sites for hydroxylation is 2. The molecule has 1 amide bonds. The van der Waals surface area contributed by atoms with Crippen molar-refractivity contribution in [1.29, 1.82) is 0 Å². The SMILES string of the molecule is CNCC1CCN(C(=O)c2oc(C)cc2C)CC1.Cl.